The van der Waals surface area contributed by atoms with Crippen molar-refractivity contribution in [3.8, 4) is 0 Å². The second-order valence-electron chi connectivity index (χ2n) is 6.66. The van der Waals surface area contributed by atoms with Crippen molar-refractivity contribution in [3.05, 3.63) is 35.4 Å². The summed E-state index contributed by atoms with van der Waals surface area (Å²) in [5, 5.41) is 9.67. The summed E-state index contributed by atoms with van der Waals surface area (Å²) < 4.78 is 5.44. The van der Waals surface area contributed by atoms with Gasteiger partial charge in [0, 0.05) is 25.6 Å². The summed E-state index contributed by atoms with van der Waals surface area (Å²) in [6.07, 6.45) is 1.27. The molecule has 1 N–H and O–H groups in total. The van der Waals surface area contributed by atoms with Gasteiger partial charge in [0.25, 0.3) is 0 Å². The van der Waals surface area contributed by atoms with Crippen LogP contribution in [0, 0.1) is 11.3 Å². The highest BCUT2D eigenvalue weighted by Gasteiger charge is 2.55. The minimum absolute atomic E-state index is 0.0775. The number of carboxylic acids is 1. The molecule has 0 bridgehead atoms. The molecule has 3 aliphatic rings. The molecule has 1 amide bonds. The largest absolute Gasteiger partial charge is 0.481 e. The van der Waals surface area contributed by atoms with Gasteiger partial charge in [0.2, 0.25) is 5.91 Å². The Labute approximate surface area is 128 Å². The number of nitrogens with zero attached hydrogens (tertiary/aromatic N) is 1. The van der Waals surface area contributed by atoms with E-state index in [1.165, 1.54) is 5.56 Å². The number of hydrogen-bond acceptors (Lipinski definition) is 3. The summed E-state index contributed by atoms with van der Waals surface area (Å²) in [4.78, 5) is 26.3. The number of amides is 1. The van der Waals surface area contributed by atoms with Crippen molar-refractivity contribution in [2.45, 2.75) is 18.8 Å². The minimum atomic E-state index is -0.808. The van der Waals surface area contributed by atoms with Gasteiger partial charge in [-0.05, 0) is 24.0 Å². The van der Waals surface area contributed by atoms with Crippen LogP contribution >= 0.6 is 0 Å². The summed E-state index contributed by atoms with van der Waals surface area (Å²) in [6.45, 7) is 1.74. The molecule has 2 saturated heterocycles. The topological polar surface area (TPSA) is 66.8 Å². The lowest BCUT2D eigenvalue weighted by molar-refractivity contribution is -0.157. The summed E-state index contributed by atoms with van der Waals surface area (Å²) >= 11 is 0. The molecule has 1 aromatic carbocycles. The van der Waals surface area contributed by atoms with Crippen molar-refractivity contribution < 1.29 is 19.4 Å². The van der Waals surface area contributed by atoms with Gasteiger partial charge in [-0.1, -0.05) is 24.3 Å². The molecule has 1 aliphatic carbocycles. The Morgan fingerprint density at radius 3 is 2.86 bits per heavy atom. The molecule has 0 saturated carbocycles. The number of rotatable bonds is 2. The Bertz CT molecular complexity index is 643. The van der Waals surface area contributed by atoms with Crippen LogP contribution in [0.3, 0.4) is 0 Å². The summed E-state index contributed by atoms with van der Waals surface area (Å²) in [6, 6.07) is 7.99. The Hall–Kier alpha value is -1.88. The lowest BCUT2D eigenvalue weighted by Gasteiger charge is -2.34. The number of benzene rings is 1. The molecular weight excluding hydrogens is 282 g/mol. The van der Waals surface area contributed by atoms with E-state index < -0.39 is 11.4 Å². The molecule has 2 fully saturated rings. The highest BCUT2D eigenvalue weighted by molar-refractivity contribution is 5.88. The Morgan fingerprint density at radius 1 is 1.32 bits per heavy atom. The lowest BCUT2D eigenvalue weighted by Crippen LogP contribution is -2.45. The van der Waals surface area contributed by atoms with Crippen molar-refractivity contribution in [1.29, 1.82) is 0 Å². The monoisotopic (exact) mass is 301 g/mol. The van der Waals surface area contributed by atoms with Crippen molar-refractivity contribution in [1.82, 2.24) is 4.90 Å². The van der Waals surface area contributed by atoms with E-state index in [4.69, 9.17) is 4.74 Å². The van der Waals surface area contributed by atoms with Crippen LogP contribution in [0.4, 0.5) is 0 Å². The molecule has 116 valence electrons. The number of carboxylic acid groups (broad SMARTS) is 1. The van der Waals surface area contributed by atoms with Gasteiger partial charge in [-0.2, -0.15) is 0 Å². The van der Waals surface area contributed by atoms with Crippen LogP contribution in [0.2, 0.25) is 0 Å². The molecule has 5 heteroatoms. The van der Waals surface area contributed by atoms with E-state index in [9.17, 15) is 14.7 Å². The third-order valence-corrected chi connectivity index (χ3v) is 5.60. The number of aliphatic carboxylic acids is 1. The smallest absolute Gasteiger partial charge is 0.311 e. The van der Waals surface area contributed by atoms with Gasteiger partial charge in [0.05, 0.1) is 17.9 Å². The average Bonchev–Trinajstić information content (AvgIpc) is 2.89. The fourth-order valence-corrected chi connectivity index (χ4v) is 4.17. The lowest BCUT2D eigenvalue weighted by atomic mass is 9.74. The number of carbonyl (C=O) groups excluding carboxylic acids is 1. The number of carbonyl (C=O) groups is 2. The number of hydrogen-bond donors (Lipinski definition) is 1. The van der Waals surface area contributed by atoms with Gasteiger partial charge in [-0.3, -0.25) is 9.59 Å². The van der Waals surface area contributed by atoms with E-state index in [0.717, 1.165) is 12.0 Å². The Morgan fingerprint density at radius 2 is 2.14 bits per heavy atom. The molecule has 0 radical (unpaired) electrons. The predicted octanol–water partition coefficient (Wildman–Crippen LogP) is 1.28. The first-order chi connectivity index (χ1) is 10.6. The maximum absolute atomic E-state index is 12.8. The molecule has 2 aliphatic heterocycles. The van der Waals surface area contributed by atoms with Crippen LogP contribution in [0.25, 0.3) is 0 Å². The molecule has 1 aromatic rings. The van der Waals surface area contributed by atoms with E-state index in [1.54, 1.807) is 4.90 Å². The third-order valence-electron chi connectivity index (χ3n) is 5.60. The van der Waals surface area contributed by atoms with Gasteiger partial charge in [0.1, 0.15) is 0 Å². The molecule has 0 unspecified atom stereocenters. The molecular formula is C17H19NO4. The van der Waals surface area contributed by atoms with Crippen molar-refractivity contribution >= 4 is 11.9 Å². The molecule has 0 spiro atoms. The van der Waals surface area contributed by atoms with Crippen molar-refractivity contribution in [2.75, 3.05) is 26.3 Å². The van der Waals surface area contributed by atoms with Crippen molar-refractivity contribution in [3.63, 3.8) is 0 Å². The Balaban J connectivity index is 1.55. The second kappa shape index (κ2) is 4.81. The summed E-state index contributed by atoms with van der Waals surface area (Å²) in [5.74, 6) is -0.889. The van der Waals surface area contributed by atoms with E-state index in [2.05, 4.69) is 6.07 Å². The van der Waals surface area contributed by atoms with Crippen molar-refractivity contribution in [2.24, 2.45) is 11.3 Å². The quantitative estimate of drug-likeness (QED) is 0.893. The van der Waals surface area contributed by atoms with E-state index >= 15 is 0 Å². The van der Waals surface area contributed by atoms with E-state index in [-0.39, 0.29) is 17.7 Å². The minimum Gasteiger partial charge on any atom is -0.481 e. The predicted molar refractivity (Wildman–Crippen MR) is 78.5 cm³/mol. The normalized spacial score (nSPS) is 32.8. The highest BCUT2D eigenvalue weighted by atomic mass is 16.5. The first kappa shape index (κ1) is 13.8. The number of likely N-dealkylation sites (tertiary alicyclic amines) is 1. The first-order valence-corrected chi connectivity index (χ1v) is 7.79. The zero-order chi connectivity index (χ0) is 15.3. The van der Waals surface area contributed by atoms with Crippen LogP contribution in [0.1, 0.15) is 23.5 Å². The van der Waals surface area contributed by atoms with E-state index in [0.29, 0.717) is 32.7 Å². The molecule has 2 heterocycles. The maximum Gasteiger partial charge on any atom is 0.311 e. The van der Waals surface area contributed by atoms with Crippen LogP contribution in [0.15, 0.2) is 24.3 Å². The Kier molecular flexibility index (Phi) is 3.01. The fraction of sp³-hybridized carbons (Fsp3) is 0.529. The van der Waals surface area contributed by atoms with Gasteiger partial charge < -0.3 is 14.7 Å². The van der Waals surface area contributed by atoms with Crippen LogP contribution in [0.5, 0.6) is 0 Å². The molecule has 5 nitrogen and oxygen atoms in total. The molecule has 3 atom stereocenters. The van der Waals surface area contributed by atoms with Crippen LogP contribution < -0.4 is 0 Å². The standard InChI is InChI=1S/C17H19NO4/c19-15(14-7-11-3-1-2-4-13(11)14)18-8-12-9-22-6-5-17(12,10-18)16(20)21/h1-4,12,14H,5-10H2,(H,20,21)/t12-,14-,17+/m0/s1. The fourth-order valence-electron chi connectivity index (χ4n) is 4.17. The molecule has 4 rings (SSSR count). The summed E-state index contributed by atoms with van der Waals surface area (Å²) in [7, 11) is 0. The first-order valence-electron chi connectivity index (χ1n) is 7.79. The van der Waals surface area contributed by atoms with E-state index in [1.807, 2.05) is 18.2 Å². The molecule has 22 heavy (non-hydrogen) atoms. The maximum atomic E-state index is 12.8. The second-order valence-corrected chi connectivity index (χ2v) is 6.66. The van der Waals surface area contributed by atoms with Crippen LogP contribution in [-0.2, 0) is 20.7 Å². The average molecular weight is 301 g/mol. The zero-order valence-corrected chi connectivity index (χ0v) is 12.3. The van der Waals surface area contributed by atoms with Crippen LogP contribution in [-0.4, -0.2) is 48.2 Å². The van der Waals surface area contributed by atoms with Gasteiger partial charge >= 0.3 is 5.97 Å². The number of fused-ring (bicyclic) bond motifs is 2. The van der Waals surface area contributed by atoms with Gasteiger partial charge in [-0.25, -0.2) is 0 Å². The SMILES string of the molecule is O=C([C@H]1Cc2ccccc21)N1C[C@H]2COCC[C@@]2(C(=O)O)C1. The number of ether oxygens (including phenoxy) is 1. The highest BCUT2D eigenvalue weighted by Crippen LogP contribution is 2.45. The summed E-state index contributed by atoms with van der Waals surface area (Å²) in [5.41, 5.74) is 1.52. The zero-order valence-electron chi connectivity index (χ0n) is 12.3. The van der Waals surface area contributed by atoms with Gasteiger partial charge in [-0.15, -0.1) is 0 Å². The third kappa shape index (κ3) is 1.81. The van der Waals surface area contributed by atoms with Gasteiger partial charge in [0.15, 0.2) is 0 Å². The molecule has 0 aromatic heterocycles.